The summed E-state index contributed by atoms with van der Waals surface area (Å²) >= 11 is 3.18. The third-order valence-electron chi connectivity index (χ3n) is 2.05. The van der Waals surface area contributed by atoms with Gasteiger partial charge < -0.3 is 10.1 Å². The molecule has 1 aromatic rings. The minimum atomic E-state index is -0.910. The standard InChI is InChI=1S/C9H8BrF2NO/c10-6-3-7(11)8(12)9-5(6)4-13-1-2-14-9/h3,13H,1-2,4H2. The highest BCUT2D eigenvalue weighted by molar-refractivity contribution is 9.10. The van der Waals surface area contributed by atoms with Crippen molar-refractivity contribution in [3.05, 3.63) is 27.7 Å². The zero-order valence-electron chi connectivity index (χ0n) is 7.24. The molecular formula is C9H8BrF2NO. The predicted octanol–water partition coefficient (Wildman–Crippen LogP) is 2.21. The molecule has 1 N–H and O–H groups in total. The highest BCUT2D eigenvalue weighted by Gasteiger charge is 2.20. The number of hydrogen-bond acceptors (Lipinski definition) is 2. The van der Waals surface area contributed by atoms with Gasteiger partial charge in [0.05, 0.1) is 0 Å². The van der Waals surface area contributed by atoms with Crippen LogP contribution >= 0.6 is 15.9 Å². The normalized spacial score (nSPS) is 15.6. The first-order valence-corrected chi connectivity index (χ1v) is 4.99. The zero-order valence-corrected chi connectivity index (χ0v) is 8.83. The second-order valence-corrected chi connectivity index (χ2v) is 3.84. The molecule has 0 radical (unpaired) electrons. The Bertz CT molecular complexity index is 370. The van der Waals surface area contributed by atoms with E-state index in [1.165, 1.54) is 0 Å². The van der Waals surface area contributed by atoms with Gasteiger partial charge in [-0.15, -0.1) is 0 Å². The molecule has 1 aromatic carbocycles. The molecule has 0 spiro atoms. The van der Waals surface area contributed by atoms with Gasteiger partial charge in [-0.3, -0.25) is 0 Å². The number of fused-ring (bicyclic) bond motifs is 1. The van der Waals surface area contributed by atoms with Crippen LogP contribution in [0.3, 0.4) is 0 Å². The van der Waals surface area contributed by atoms with Gasteiger partial charge in [0.2, 0.25) is 5.82 Å². The smallest absolute Gasteiger partial charge is 0.201 e. The Hall–Kier alpha value is -0.680. The summed E-state index contributed by atoms with van der Waals surface area (Å²) < 4.78 is 32.0. The first-order valence-electron chi connectivity index (χ1n) is 4.20. The third-order valence-corrected chi connectivity index (χ3v) is 2.76. The van der Waals surface area contributed by atoms with E-state index in [2.05, 4.69) is 21.2 Å². The highest BCUT2D eigenvalue weighted by atomic mass is 79.9. The Morgan fingerprint density at radius 2 is 2.21 bits per heavy atom. The van der Waals surface area contributed by atoms with Crippen LogP contribution in [0.1, 0.15) is 5.56 Å². The van der Waals surface area contributed by atoms with Gasteiger partial charge in [-0.2, -0.15) is 4.39 Å². The quantitative estimate of drug-likeness (QED) is 0.725. The maximum atomic E-state index is 13.3. The summed E-state index contributed by atoms with van der Waals surface area (Å²) in [5.74, 6) is -1.79. The zero-order chi connectivity index (χ0) is 10.1. The number of rotatable bonds is 0. The van der Waals surface area contributed by atoms with Crippen molar-refractivity contribution in [3.63, 3.8) is 0 Å². The van der Waals surface area contributed by atoms with Crippen molar-refractivity contribution in [2.45, 2.75) is 6.54 Å². The van der Waals surface area contributed by atoms with Crippen LogP contribution in [0.2, 0.25) is 0 Å². The fourth-order valence-corrected chi connectivity index (χ4v) is 1.89. The molecule has 0 amide bonds. The molecular weight excluding hydrogens is 256 g/mol. The number of halogens is 3. The molecule has 0 fully saturated rings. The van der Waals surface area contributed by atoms with Gasteiger partial charge in [-0.25, -0.2) is 4.39 Å². The summed E-state index contributed by atoms with van der Waals surface area (Å²) in [5, 5.41) is 3.05. The molecule has 1 aliphatic heterocycles. The topological polar surface area (TPSA) is 21.3 Å². The van der Waals surface area contributed by atoms with E-state index in [0.717, 1.165) is 6.07 Å². The van der Waals surface area contributed by atoms with Crippen molar-refractivity contribution in [3.8, 4) is 5.75 Å². The summed E-state index contributed by atoms with van der Waals surface area (Å²) in [7, 11) is 0. The molecule has 0 saturated carbocycles. The molecule has 0 aromatic heterocycles. The van der Waals surface area contributed by atoms with E-state index in [1.807, 2.05) is 0 Å². The SMILES string of the molecule is Fc1cc(Br)c2c(c1F)OCCNC2. The van der Waals surface area contributed by atoms with Crippen LogP contribution < -0.4 is 10.1 Å². The lowest BCUT2D eigenvalue weighted by Crippen LogP contribution is -2.16. The van der Waals surface area contributed by atoms with Gasteiger partial charge in [0, 0.05) is 23.1 Å². The van der Waals surface area contributed by atoms with Crippen molar-refractivity contribution in [1.29, 1.82) is 0 Å². The largest absolute Gasteiger partial charge is 0.489 e. The van der Waals surface area contributed by atoms with E-state index in [4.69, 9.17) is 4.74 Å². The van der Waals surface area contributed by atoms with Crippen molar-refractivity contribution in [2.75, 3.05) is 13.2 Å². The molecule has 1 heterocycles. The Morgan fingerprint density at radius 1 is 1.43 bits per heavy atom. The molecule has 0 atom stereocenters. The summed E-state index contributed by atoms with van der Waals surface area (Å²) in [5.41, 5.74) is 0.626. The third kappa shape index (κ3) is 1.62. The van der Waals surface area contributed by atoms with Crippen molar-refractivity contribution in [1.82, 2.24) is 5.32 Å². The lowest BCUT2D eigenvalue weighted by Gasteiger charge is -2.09. The highest BCUT2D eigenvalue weighted by Crippen LogP contribution is 2.32. The van der Waals surface area contributed by atoms with E-state index >= 15 is 0 Å². The molecule has 1 aliphatic rings. The van der Waals surface area contributed by atoms with E-state index in [0.29, 0.717) is 29.7 Å². The average molecular weight is 264 g/mol. The average Bonchev–Trinajstić information content (AvgIpc) is 2.39. The van der Waals surface area contributed by atoms with Crippen LogP contribution in [0.25, 0.3) is 0 Å². The van der Waals surface area contributed by atoms with Gasteiger partial charge in [-0.05, 0) is 6.07 Å². The molecule has 2 nitrogen and oxygen atoms in total. The van der Waals surface area contributed by atoms with Gasteiger partial charge in [0.1, 0.15) is 6.61 Å². The van der Waals surface area contributed by atoms with Crippen LogP contribution in [0.15, 0.2) is 10.5 Å². The Kier molecular flexibility index (Phi) is 2.69. The van der Waals surface area contributed by atoms with E-state index in [-0.39, 0.29) is 5.75 Å². The minimum Gasteiger partial charge on any atom is -0.489 e. The monoisotopic (exact) mass is 263 g/mol. The first kappa shape index (κ1) is 9.86. The van der Waals surface area contributed by atoms with E-state index in [9.17, 15) is 8.78 Å². The number of nitrogens with one attached hydrogen (secondary N) is 1. The maximum Gasteiger partial charge on any atom is 0.201 e. The minimum absolute atomic E-state index is 0.0156. The van der Waals surface area contributed by atoms with Crippen molar-refractivity contribution in [2.24, 2.45) is 0 Å². The molecule has 5 heteroatoms. The first-order chi connectivity index (χ1) is 6.70. The van der Waals surface area contributed by atoms with Crippen LogP contribution in [-0.4, -0.2) is 13.2 Å². The van der Waals surface area contributed by atoms with Gasteiger partial charge >= 0.3 is 0 Å². The summed E-state index contributed by atoms with van der Waals surface area (Å²) in [6.45, 7) is 1.45. The molecule has 2 rings (SSSR count). The Morgan fingerprint density at radius 3 is 3.00 bits per heavy atom. The fraction of sp³-hybridized carbons (Fsp3) is 0.333. The van der Waals surface area contributed by atoms with Crippen LogP contribution in [0, 0.1) is 11.6 Å². The predicted molar refractivity (Wildman–Crippen MR) is 51.3 cm³/mol. The number of ether oxygens (including phenoxy) is 1. The van der Waals surface area contributed by atoms with E-state index < -0.39 is 11.6 Å². The molecule has 14 heavy (non-hydrogen) atoms. The lowest BCUT2D eigenvalue weighted by molar-refractivity contribution is 0.303. The van der Waals surface area contributed by atoms with Crippen molar-refractivity contribution < 1.29 is 13.5 Å². The van der Waals surface area contributed by atoms with E-state index in [1.54, 1.807) is 0 Å². The molecule has 0 aliphatic carbocycles. The molecule has 0 saturated heterocycles. The van der Waals surface area contributed by atoms with Crippen molar-refractivity contribution >= 4 is 15.9 Å². The second-order valence-electron chi connectivity index (χ2n) is 2.99. The fourth-order valence-electron chi connectivity index (χ4n) is 1.36. The second kappa shape index (κ2) is 3.82. The lowest BCUT2D eigenvalue weighted by atomic mass is 10.2. The molecule has 76 valence electrons. The van der Waals surface area contributed by atoms with Crippen LogP contribution in [-0.2, 0) is 6.54 Å². The summed E-state index contributed by atoms with van der Waals surface area (Å²) in [6, 6.07) is 1.12. The Balaban J connectivity index is 2.57. The van der Waals surface area contributed by atoms with Crippen LogP contribution in [0.4, 0.5) is 8.78 Å². The number of hydrogen-bond donors (Lipinski definition) is 1. The summed E-state index contributed by atoms with van der Waals surface area (Å²) in [4.78, 5) is 0. The molecule has 0 unspecified atom stereocenters. The number of benzene rings is 1. The van der Waals surface area contributed by atoms with Gasteiger partial charge in [0.15, 0.2) is 11.6 Å². The summed E-state index contributed by atoms with van der Waals surface area (Å²) in [6.07, 6.45) is 0. The Labute approximate surface area is 88.4 Å². The molecule has 0 bridgehead atoms. The maximum absolute atomic E-state index is 13.3. The van der Waals surface area contributed by atoms with Gasteiger partial charge in [0.25, 0.3) is 0 Å². The van der Waals surface area contributed by atoms with Crippen LogP contribution in [0.5, 0.6) is 5.75 Å². The van der Waals surface area contributed by atoms with Gasteiger partial charge in [-0.1, -0.05) is 15.9 Å².